The van der Waals surface area contributed by atoms with Gasteiger partial charge in [-0.3, -0.25) is 14.5 Å². The summed E-state index contributed by atoms with van der Waals surface area (Å²) in [5.41, 5.74) is 0.763. The largest absolute Gasteiger partial charge is 0.389 e. The minimum absolute atomic E-state index is 0.00824. The molecule has 1 saturated carbocycles. The SMILES string of the molecule is Cc1nc(C=CC(=O)N[C@@H]2CCC[C@@H](N3CCNC(=O)C3)[C@@H]2O)cs1. The normalized spacial score (nSPS) is 28.1. The van der Waals surface area contributed by atoms with Gasteiger partial charge >= 0.3 is 0 Å². The Bertz CT molecular complexity index is 660. The lowest BCUT2D eigenvalue weighted by molar-refractivity contribution is -0.127. The summed E-state index contributed by atoms with van der Waals surface area (Å²) >= 11 is 1.54. The number of aromatic nitrogens is 1. The van der Waals surface area contributed by atoms with E-state index in [4.69, 9.17) is 0 Å². The first-order valence-electron chi connectivity index (χ1n) is 8.62. The molecule has 3 atom stereocenters. The number of amides is 2. The molecule has 3 rings (SSSR count). The lowest BCUT2D eigenvalue weighted by Crippen LogP contribution is -2.60. The average Bonchev–Trinajstić information content (AvgIpc) is 3.00. The van der Waals surface area contributed by atoms with Crippen molar-refractivity contribution >= 4 is 29.2 Å². The van der Waals surface area contributed by atoms with Crippen LogP contribution in [0.15, 0.2) is 11.5 Å². The number of rotatable bonds is 4. The summed E-state index contributed by atoms with van der Waals surface area (Å²) in [5, 5.41) is 19.2. The van der Waals surface area contributed by atoms with Gasteiger partial charge in [0.05, 0.1) is 29.4 Å². The second kappa shape index (κ2) is 8.07. The molecular weight excluding hydrogens is 340 g/mol. The predicted molar refractivity (Wildman–Crippen MR) is 96.0 cm³/mol. The van der Waals surface area contributed by atoms with Gasteiger partial charge in [-0.05, 0) is 32.3 Å². The van der Waals surface area contributed by atoms with Crippen molar-refractivity contribution in [2.75, 3.05) is 19.6 Å². The molecule has 3 N–H and O–H groups in total. The van der Waals surface area contributed by atoms with Crippen LogP contribution >= 0.6 is 11.3 Å². The molecule has 136 valence electrons. The highest BCUT2D eigenvalue weighted by molar-refractivity contribution is 7.09. The highest BCUT2D eigenvalue weighted by atomic mass is 32.1. The van der Waals surface area contributed by atoms with Crippen molar-refractivity contribution < 1.29 is 14.7 Å². The maximum Gasteiger partial charge on any atom is 0.244 e. The first kappa shape index (κ1) is 18.0. The maximum absolute atomic E-state index is 12.2. The van der Waals surface area contributed by atoms with Crippen molar-refractivity contribution in [3.05, 3.63) is 22.2 Å². The van der Waals surface area contributed by atoms with E-state index in [2.05, 4.69) is 15.6 Å². The molecule has 0 bridgehead atoms. The molecule has 1 aliphatic carbocycles. The number of aliphatic hydroxyl groups excluding tert-OH is 1. The number of carbonyl (C=O) groups excluding carboxylic acids is 2. The molecule has 2 heterocycles. The summed E-state index contributed by atoms with van der Waals surface area (Å²) in [5.74, 6) is -0.238. The topological polar surface area (TPSA) is 94.6 Å². The van der Waals surface area contributed by atoms with E-state index in [-0.39, 0.29) is 23.9 Å². The number of hydrogen-bond acceptors (Lipinski definition) is 6. The van der Waals surface area contributed by atoms with Crippen LogP contribution in [0.4, 0.5) is 0 Å². The van der Waals surface area contributed by atoms with Gasteiger partial charge in [0.2, 0.25) is 11.8 Å². The Kier molecular flexibility index (Phi) is 5.82. The van der Waals surface area contributed by atoms with Crippen LogP contribution in [-0.4, -0.2) is 64.6 Å². The summed E-state index contributed by atoms with van der Waals surface area (Å²) in [4.78, 5) is 30.1. The smallest absolute Gasteiger partial charge is 0.244 e. The number of nitrogens with zero attached hydrogens (tertiary/aromatic N) is 2. The van der Waals surface area contributed by atoms with Crippen LogP contribution in [0, 0.1) is 6.92 Å². The van der Waals surface area contributed by atoms with Gasteiger partial charge in [0, 0.05) is 30.6 Å². The Morgan fingerprint density at radius 3 is 3.08 bits per heavy atom. The standard InChI is InChI=1S/C17H24N4O3S/c1-11-19-12(10-25-11)5-6-15(22)20-13-3-2-4-14(17(13)24)21-8-7-18-16(23)9-21/h5-6,10,13-14,17,24H,2-4,7-9H2,1H3,(H,18,23)(H,20,22)/t13-,14-,17-/m1/s1. The zero-order valence-corrected chi connectivity index (χ0v) is 15.1. The first-order chi connectivity index (χ1) is 12.0. The number of carbonyl (C=O) groups is 2. The Balaban J connectivity index is 1.57. The van der Waals surface area contributed by atoms with E-state index in [1.165, 1.54) is 17.4 Å². The number of nitrogens with one attached hydrogen (secondary N) is 2. The van der Waals surface area contributed by atoms with Crippen LogP contribution in [0.5, 0.6) is 0 Å². The molecule has 0 aromatic carbocycles. The van der Waals surface area contributed by atoms with Gasteiger partial charge in [-0.2, -0.15) is 0 Å². The third-order valence-corrected chi connectivity index (χ3v) is 5.52. The molecule has 1 aromatic heterocycles. The van der Waals surface area contributed by atoms with Crippen LogP contribution in [0.1, 0.15) is 30.0 Å². The Labute approximate surface area is 151 Å². The Morgan fingerprint density at radius 1 is 1.52 bits per heavy atom. The van der Waals surface area contributed by atoms with Gasteiger partial charge in [0.15, 0.2) is 0 Å². The van der Waals surface area contributed by atoms with E-state index in [1.54, 1.807) is 6.08 Å². The summed E-state index contributed by atoms with van der Waals surface area (Å²) in [7, 11) is 0. The number of aliphatic hydroxyl groups is 1. The number of thiazole rings is 1. The molecule has 25 heavy (non-hydrogen) atoms. The molecule has 0 radical (unpaired) electrons. The van der Waals surface area contributed by atoms with E-state index in [9.17, 15) is 14.7 Å². The maximum atomic E-state index is 12.2. The van der Waals surface area contributed by atoms with Crippen molar-refractivity contribution in [2.45, 2.75) is 44.4 Å². The molecule has 1 aromatic rings. The summed E-state index contributed by atoms with van der Waals surface area (Å²) < 4.78 is 0. The predicted octanol–water partition coefficient (Wildman–Crippen LogP) is 0.295. The van der Waals surface area contributed by atoms with Crippen LogP contribution in [0.3, 0.4) is 0 Å². The van der Waals surface area contributed by atoms with Crippen LogP contribution < -0.4 is 10.6 Å². The van der Waals surface area contributed by atoms with Gasteiger partial charge in [0.25, 0.3) is 0 Å². The highest BCUT2D eigenvalue weighted by Gasteiger charge is 2.37. The molecule has 2 aliphatic rings. The Hall–Kier alpha value is -1.77. The van der Waals surface area contributed by atoms with Crippen LogP contribution in [0.2, 0.25) is 0 Å². The first-order valence-corrected chi connectivity index (χ1v) is 9.50. The Morgan fingerprint density at radius 2 is 2.36 bits per heavy atom. The zero-order valence-electron chi connectivity index (χ0n) is 14.3. The molecular formula is C17H24N4O3S. The molecule has 8 heteroatoms. The van der Waals surface area contributed by atoms with E-state index >= 15 is 0 Å². The third-order valence-electron chi connectivity index (χ3n) is 4.73. The van der Waals surface area contributed by atoms with E-state index < -0.39 is 6.10 Å². The fourth-order valence-corrected chi connectivity index (χ4v) is 4.08. The van der Waals surface area contributed by atoms with E-state index in [1.807, 2.05) is 17.2 Å². The fourth-order valence-electron chi connectivity index (χ4n) is 3.50. The lowest BCUT2D eigenvalue weighted by Gasteiger charge is -2.42. The summed E-state index contributed by atoms with van der Waals surface area (Å²) in [6.07, 6.45) is 4.97. The van der Waals surface area contributed by atoms with Gasteiger partial charge in [-0.1, -0.05) is 0 Å². The van der Waals surface area contributed by atoms with Gasteiger partial charge in [0.1, 0.15) is 0 Å². The van der Waals surface area contributed by atoms with Crippen LogP contribution in [0.25, 0.3) is 6.08 Å². The number of piperazine rings is 1. The summed E-state index contributed by atoms with van der Waals surface area (Å²) in [6, 6.07) is -0.381. The molecule has 2 fully saturated rings. The van der Waals surface area contributed by atoms with Crippen molar-refractivity contribution in [1.29, 1.82) is 0 Å². The highest BCUT2D eigenvalue weighted by Crippen LogP contribution is 2.24. The van der Waals surface area contributed by atoms with Gasteiger partial charge in [-0.25, -0.2) is 4.98 Å². The summed E-state index contributed by atoms with van der Waals surface area (Å²) in [6.45, 7) is 3.57. The van der Waals surface area contributed by atoms with Crippen molar-refractivity contribution in [2.24, 2.45) is 0 Å². The van der Waals surface area contributed by atoms with Gasteiger partial charge in [-0.15, -0.1) is 11.3 Å². The van der Waals surface area contributed by atoms with Crippen LogP contribution in [-0.2, 0) is 9.59 Å². The zero-order chi connectivity index (χ0) is 17.8. The van der Waals surface area contributed by atoms with Gasteiger partial charge < -0.3 is 15.7 Å². The minimum Gasteiger partial charge on any atom is -0.389 e. The molecule has 2 amide bonds. The van der Waals surface area contributed by atoms with Crippen molar-refractivity contribution in [1.82, 2.24) is 20.5 Å². The fraction of sp³-hybridized carbons (Fsp3) is 0.588. The number of hydrogen-bond donors (Lipinski definition) is 3. The number of aryl methyl sites for hydroxylation is 1. The third kappa shape index (κ3) is 4.65. The molecule has 1 aliphatic heterocycles. The van der Waals surface area contributed by atoms with Crippen molar-refractivity contribution in [3.63, 3.8) is 0 Å². The minimum atomic E-state index is -0.668. The average molecular weight is 364 g/mol. The molecule has 0 unspecified atom stereocenters. The lowest BCUT2D eigenvalue weighted by atomic mass is 9.86. The second-order valence-electron chi connectivity index (χ2n) is 6.55. The molecule has 0 spiro atoms. The molecule has 7 nitrogen and oxygen atoms in total. The van der Waals surface area contributed by atoms with E-state index in [0.717, 1.165) is 36.5 Å². The molecule has 1 saturated heterocycles. The quantitative estimate of drug-likeness (QED) is 0.668. The van der Waals surface area contributed by atoms with E-state index in [0.29, 0.717) is 13.1 Å². The van der Waals surface area contributed by atoms with Crippen molar-refractivity contribution in [3.8, 4) is 0 Å². The monoisotopic (exact) mass is 364 g/mol. The second-order valence-corrected chi connectivity index (χ2v) is 7.61.